The van der Waals surface area contributed by atoms with Gasteiger partial charge in [-0.1, -0.05) is 54.6 Å². The molecule has 156 valence electrons. The zero-order chi connectivity index (χ0) is 22.0. The first kappa shape index (κ1) is 20.3. The fraction of sp³-hybridized carbons (Fsp3) is 0.160. The predicted octanol–water partition coefficient (Wildman–Crippen LogP) is 3.59. The molecule has 4 rings (SSSR count). The van der Waals surface area contributed by atoms with Gasteiger partial charge in [0, 0.05) is 0 Å². The number of nitrogens with one attached hydrogen (secondary N) is 1. The highest BCUT2D eigenvalue weighted by atomic mass is 16.5. The molecule has 0 bridgehead atoms. The highest BCUT2D eigenvalue weighted by Gasteiger charge is 2.41. The minimum absolute atomic E-state index is 0.321. The number of benzene rings is 3. The van der Waals surface area contributed by atoms with Crippen molar-refractivity contribution < 1.29 is 19.1 Å². The number of carbonyl (C=O) groups excluding carboxylic acids is 3. The lowest BCUT2D eigenvalue weighted by atomic mass is 9.98. The smallest absolute Gasteiger partial charge is 0.262 e. The van der Waals surface area contributed by atoms with Crippen LogP contribution in [-0.2, 0) is 4.79 Å². The molecule has 6 nitrogen and oxygen atoms in total. The quantitative estimate of drug-likeness (QED) is 0.626. The monoisotopic (exact) mass is 414 g/mol. The Morgan fingerprint density at radius 2 is 1.32 bits per heavy atom. The summed E-state index contributed by atoms with van der Waals surface area (Å²) in [6.07, 6.45) is 0. The van der Waals surface area contributed by atoms with Crippen molar-refractivity contribution >= 4 is 17.7 Å². The van der Waals surface area contributed by atoms with Crippen LogP contribution in [0.3, 0.4) is 0 Å². The van der Waals surface area contributed by atoms with Crippen LogP contribution in [0.1, 0.15) is 44.8 Å². The van der Waals surface area contributed by atoms with Crippen molar-refractivity contribution in [1.82, 2.24) is 10.2 Å². The van der Waals surface area contributed by atoms with Crippen molar-refractivity contribution in [3.8, 4) is 5.75 Å². The van der Waals surface area contributed by atoms with Crippen LogP contribution in [0.15, 0.2) is 78.9 Å². The fourth-order valence-corrected chi connectivity index (χ4v) is 3.74. The lowest BCUT2D eigenvalue weighted by molar-refractivity contribution is -0.125. The highest BCUT2D eigenvalue weighted by molar-refractivity contribution is 6.22. The molecule has 3 aromatic carbocycles. The third-order valence-corrected chi connectivity index (χ3v) is 5.46. The minimum atomic E-state index is -0.961. The predicted molar refractivity (Wildman–Crippen MR) is 116 cm³/mol. The van der Waals surface area contributed by atoms with Gasteiger partial charge in [0.2, 0.25) is 5.91 Å². The van der Waals surface area contributed by atoms with Crippen LogP contribution in [0.5, 0.6) is 5.75 Å². The molecular weight excluding hydrogens is 392 g/mol. The van der Waals surface area contributed by atoms with Gasteiger partial charge in [0.05, 0.1) is 24.3 Å². The van der Waals surface area contributed by atoms with Crippen LogP contribution in [0.2, 0.25) is 0 Å². The fourth-order valence-electron chi connectivity index (χ4n) is 3.74. The molecule has 3 amide bonds. The third kappa shape index (κ3) is 3.80. The molecule has 3 aromatic rings. The van der Waals surface area contributed by atoms with Gasteiger partial charge in [0.1, 0.15) is 11.8 Å². The van der Waals surface area contributed by atoms with Crippen LogP contribution >= 0.6 is 0 Å². The third-order valence-electron chi connectivity index (χ3n) is 5.46. The number of methoxy groups -OCH3 is 1. The molecule has 0 saturated heterocycles. The average molecular weight is 414 g/mol. The summed E-state index contributed by atoms with van der Waals surface area (Å²) < 4.78 is 5.23. The van der Waals surface area contributed by atoms with Gasteiger partial charge < -0.3 is 10.1 Å². The normalized spacial score (nSPS) is 14.7. The van der Waals surface area contributed by atoms with E-state index in [4.69, 9.17) is 4.74 Å². The van der Waals surface area contributed by atoms with Crippen LogP contribution in [0.4, 0.5) is 0 Å². The summed E-state index contributed by atoms with van der Waals surface area (Å²) in [6.45, 7) is 1.56. The van der Waals surface area contributed by atoms with E-state index in [1.165, 1.54) is 0 Å². The molecule has 31 heavy (non-hydrogen) atoms. The Bertz CT molecular complexity index is 1090. The van der Waals surface area contributed by atoms with Gasteiger partial charge in [0.25, 0.3) is 11.8 Å². The zero-order valence-electron chi connectivity index (χ0n) is 17.2. The molecule has 1 heterocycles. The maximum atomic E-state index is 13.2. The van der Waals surface area contributed by atoms with Gasteiger partial charge >= 0.3 is 0 Å². The van der Waals surface area contributed by atoms with Gasteiger partial charge in [-0.15, -0.1) is 0 Å². The summed E-state index contributed by atoms with van der Waals surface area (Å²) in [6, 6.07) is 22.1. The van der Waals surface area contributed by atoms with Crippen molar-refractivity contribution in [1.29, 1.82) is 0 Å². The Hall–Kier alpha value is -3.93. The first-order chi connectivity index (χ1) is 15.0. The van der Waals surface area contributed by atoms with E-state index in [1.54, 1.807) is 38.3 Å². The van der Waals surface area contributed by atoms with E-state index < -0.39 is 29.8 Å². The second kappa shape index (κ2) is 8.44. The Kier molecular flexibility index (Phi) is 5.54. The number of rotatable bonds is 6. The first-order valence-corrected chi connectivity index (χ1v) is 9.97. The van der Waals surface area contributed by atoms with Gasteiger partial charge in [0.15, 0.2) is 0 Å². The Labute approximate surface area is 180 Å². The number of imide groups is 1. The molecule has 0 aromatic heterocycles. The molecule has 2 atom stereocenters. The molecule has 0 radical (unpaired) electrons. The maximum absolute atomic E-state index is 13.2. The molecule has 6 heteroatoms. The minimum Gasteiger partial charge on any atom is -0.497 e. The van der Waals surface area contributed by atoms with Gasteiger partial charge in [-0.3, -0.25) is 19.3 Å². The largest absolute Gasteiger partial charge is 0.497 e. The number of ether oxygens (including phenoxy) is 1. The van der Waals surface area contributed by atoms with Crippen molar-refractivity contribution in [2.45, 2.75) is 19.0 Å². The van der Waals surface area contributed by atoms with Crippen molar-refractivity contribution in [3.05, 3.63) is 101 Å². The van der Waals surface area contributed by atoms with Crippen molar-refractivity contribution in [2.75, 3.05) is 7.11 Å². The molecule has 1 aliphatic heterocycles. The van der Waals surface area contributed by atoms with Crippen molar-refractivity contribution in [2.24, 2.45) is 0 Å². The first-order valence-electron chi connectivity index (χ1n) is 9.97. The number of fused-ring (bicyclic) bond motifs is 1. The van der Waals surface area contributed by atoms with Crippen LogP contribution < -0.4 is 10.1 Å². The molecular formula is C25H22N2O4. The summed E-state index contributed by atoms with van der Waals surface area (Å²) in [5, 5.41) is 3.01. The topological polar surface area (TPSA) is 75.7 Å². The molecule has 0 aliphatic carbocycles. The average Bonchev–Trinajstić information content (AvgIpc) is 3.07. The van der Waals surface area contributed by atoms with E-state index in [1.807, 2.05) is 54.6 Å². The number of hydrogen-bond acceptors (Lipinski definition) is 4. The summed E-state index contributed by atoms with van der Waals surface area (Å²) in [7, 11) is 1.59. The molecule has 0 unspecified atom stereocenters. The number of nitrogens with zero attached hydrogens (tertiary/aromatic N) is 1. The van der Waals surface area contributed by atoms with Crippen LogP contribution in [0.25, 0.3) is 0 Å². The van der Waals surface area contributed by atoms with E-state index in [-0.39, 0.29) is 0 Å². The van der Waals surface area contributed by atoms with E-state index in [2.05, 4.69) is 5.32 Å². The second-order valence-electron chi connectivity index (χ2n) is 7.33. The second-order valence-corrected chi connectivity index (χ2v) is 7.33. The summed E-state index contributed by atoms with van der Waals surface area (Å²) >= 11 is 0. The lowest BCUT2D eigenvalue weighted by Crippen LogP contribution is -2.48. The number of hydrogen-bond donors (Lipinski definition) is 1. The number of carbonyl (C=O) groups is 3. The molecule has 1 N–H and O–H groups in total. The summed E-state index contributed by atoms with van der Waals surface area (Å²) in [4.78, 5) is 39.7. The molecule has 0 saturated carbocycles. The van der Waals surface area contributed by atoms with E-state index in [0.29, 0.717) is 16.9 Å². The van der Waals surface area contributed by atoms with E-state index in [0.717, 1.165) is 16.0 Å². The standard InChI is InChI=1S/C25H22N2O4/c1-16(27-24(29)20-10-6-7-11-21(20)25(27)30)23(28)26-22(17-8-4-3-5-9-17)18-12-14-19(31-2)15-13-18/h3-16,22H,1-2H3,(H,26,28)/t16-,22-/m0/s1. The van der Waals surface area contributed by atoms with Gasteiger partial charge in [-0.25, -0.2) is 0 Å². The highest BCUT2D eigenvalue weighted by Crippen LogP contribution is 2.27. The van der Waals surface area contributed by atoms with Gasteiger partial charge in [-0.05, 0) is 42.3 Å². The molecule has 1 aliphatic rings. The van der Waals surface area contributed by atoms with E-state index in [9.17, 15) is 14.4 Å². The van der Waals surface area contributed by atoms with Crippen LogP contribution in [0, 0.1) is 0 Å². The Balaban J connectivity index is 1.60. The Morgan fingerprint density at radius 1 is 0.806 bits per heavy atom. The van der Waals surface area contributed by atoms with Gasteiger partial charge in [-0.2, -0.15) is 0 Å². The van der Waals surface area contributed by atoms with E-state index >= 15 is 0 Å². The Morgan fingerprint density at radius 3 is 1.87 bits per heavy atom. The van der Waals surface area contributed by atoms with Crippen LogP contribution in [-0.4, -0.2) is 35.8 Å². The number of amides is 3. The zero-order valence-corrected chi connectivity index (χ0v) is 17.2. The molecule has 0 fully saturated rings. The lowest BCUT2D eigenvalue weighted by Gasteiger charge is -2.26. The van der Waals surface area contributed by atoms with Crippen molar-refractivity contribution in [3.63, 3.8) is 0 Å². The SMILES string of the molecule is COc1ccc([C@@H](NC(=O)[C@H](C)N2C(=O)c3ccccc3C2=O)c2ccccc2)cc1. The molecule has 0 spiro atoms. The maximum Gasteiger partial charge on any atom is 0.262 e. The summed E-state index contributed by atoms with van der Waals surface area (Å²) in [5.74, 6) is -0.617. The summed E-state index contributed by atoms with van der Waals surface area (Å²) in [5.41, 5.74) is 2.38.